The maximum atomic E-state index is 12.8. The summed E-state index contributed by atoms with van der Waals surface area (Å²) in [5.41, 5.74) is 2.38. The van der Waals surface area contributed by atoms with Gasteiger partial charge in [0.1, 0.15) is 11.7 Å². The van der Waals surface area contributed by atoms with Crippen molar-refractivity contribution in [2.24, 2.45) is 0 Å². The number of imidazole rings is 1. The molecule has 2 heterocycles. The van der Waals surface area contributed by atoms with Gasteiger partial charge in [0.25, 0.3) is 5.91 Å². The molecule has 10 heteroatoms. The zero-order valence-electron chi connectivity index (χ0n) is 18.0. The summed E-state index contributed by atoms with van der Waals surface area (Å²) in [5, 5.41) is 6.06. The largest absolute Gasteiger partial charge is 0.493 e. The lowest BCUT2D eigenvalue weighted by Gasteiger charge is -2.13. The van der Waals surface area contributed by atoms with Gasteiger partial charge in [-0.3, -0.25) is 14.9 Å². The molecule has 2 aromatic heterocycles. The third kappa shape index (κ3) is 3.78. The lowest BCUT2D eigenvalue weighted by Crippen LogP contribution is -2.41. The molecule has 166 valence electrons. The molecule has 0 spiro atoms. The van der Waals surface area contributed by atoms with Crippen LogP contribution in [0.15, 0.2) is 36.4 Å². The minimum atomic E-state index is -0.812. The van der Waals surface area contributed by atoms with Crippen molar-refractivity contribution in [3.63, 3.8) is 0 Å². The van der Waals surface area contributed by atoms with Crippen LogP contribution in [0.2, 0.25) is 0 Å². The number of fused-ring (bicyclic) bond motifs is 2. The summed E-state index contributed by atoms with van der Waals surface area (Å²) in [5.74, 6) is 0.752. The van der Waals surface area contributed by atoms with E-state index in [1.165, 1.54) is 21.3 Å². The van der Waals surface area contributed by atoms with Crippen molar-refractivity contribution in [2.75, 3.05) is 26.6 Å². The van der Waals surface area contributed by atoms with Crippen LogP contribution in [0.5, 0.6) is 17.2 Å². The third-order valence-corrected chi connectivity index (χ3v) is 5.04. The average Bonchev–Trinajstić information content (AvgIpc) is 3.40. The SMILES string of the molecule is COc1cc2cc(C(=O)N[C@@H](C)C(=O)Nc3nc4ccccc4[nH]3)[nH]c2c(OC)c1OC. The van der Waals surface area contributed by atoms with Crippen molar-refractivity contribution >= 4 is 39.7 Å². The van der Waals surface area contributed by atoms with Gasteiger partial charge in [-0.2, -0.15) is 0 Å². The topological polar surface area (TPSA) is 130 Å². The quantitative estimate of drug-likeness (QED) is 0.352. The molecular weight excluding hydrogens is 414 g/mol. The molecule has 4 N–H and O–H groups in total. The van der Waals surface area contributed by atoms with Crippen LogP contribution in [0.1, 0.15) is 17.4 Å². The fourth-order valence-corrected chi connectivity index (χ4v) is 3.44. The molecule has 0 aliphatic carbocycles. The highest BCUT2D eigenvalue weighted by atomic mass is 16.5. The molecule has 4 rings (SSSR count). The molecule has 0 saturated carbocycles. The van der Waals surface area contributed by atoms with Crippen LogP contribution >= 0.6 is 0 Å². The average molecular weight is 437 g/mol. The molecule has 4 aromatic rings. The van der Waals surface area contributed by atoms with Crippen molar-refractivity contribution in [1.29, 1.82) is 0 Å². The van der Waals surface area contributed by atoms with Crippen molar-refractivity contribution in [3.8, 4) is 17.2 Å². The number of methoxy groups -OCH3 is 3. The first-order valence-corrected chi connectivity index (χ1v) is 9.83. The molecule has 0 radical (unpaired) electrons. The van der Waals surface area contributed by atoms with Gasteiger partial charge in [-0.15, -0.1) is 0 Å². The summed E-state index contributed by atoms with van der Waals surface area (Å²) in [7, 11) is 4.53. The first-order chi connectivity index (χ1) is 15.4. The summed E-state index contributed by atoms with van der Waals surface area (Å²) in [6.07, 6.45) is 0. The molecule has 0 bridgehead atoms. The lowest BCUT2D eigenvalue weighted by molar-refractivity contribution is -0.117. The normalized spacial score (nSPS) is 11.9. The summed E-state index contributed by atoms with van der Waals surface area (Å²) < 4.78 is 16.2. The Bertz CT molecular complexity index is 1280. The highest BCUT2D eigenvalue weighted by molar-refractivity contribution is 6.03. The lowest BCUT2D eigenvalue weighted by atomic mass is 10.2. The monoisotopic (exact) mass is 437 g/mol. The number of hydrogen-bond donors (Lipinski definition) is 4. The number of ether oxygens (including phenoxy) is 3. The van der Waals surface area contributed by atoms with Gasteiger partial charge in [-0.25, -0.2) is 4.98 Å². The van der Waals surface area contributed by atoms with E-state index >= 15 is 0 Å². The van der Waals surface area contributed by atoms with Crippen LogP contribution in [0.25, 0.3) is 21.9 Å². The number of anilines is 1. The zero-order valence-corrected chi connectivity index (χ0v) is 18.0. The number of benzene rings is 2. The summed E-state index contributed by atoms with van der Waals surface area (Å²) in [4.78, 5) is 35.7. The molecule has 32 heavy (non-hydrogen) atoms. The van der Waals surface area contributed by atoms with E-state index in [9.17, 15) is 9.59 Å². The Labute approximate surface area is 183 Å². The fraction of sp³-hybridized carbons (Fsp3) is 0.227. The summed E-state index contributed by atoms with van der Waals surface area (Å²) in [6.45, 7) is 1.59. The van der Waals surface area contributed by atoms with Gasteiger partial charge in [0, 0.05) is 5.39 Å². The molecular formula is C22H23N5O5. The molecule has 0 saturated heterocycles. The Morgan fingerprint density at radius 2 is 1.75 bits per heavy atom. The number of hydrogen-bond acceptors (Lipinski definition) is 6. The second kappa shape index (κ2) is 8.50. The highest BCUT2D eigenvalue weighted by Crippen LogP contribution is 2.43. The van der Waals surface area contributed by atoms with E-state index in [4.69, 9.17) is 14.2 Å². The second-order valence-corrected chi connectivity index (χ2v) is 7.08. The Hall–Kier alpha value is -4.21. The minimum Gasteiger partial charge on any atom is -0.493 e. The number of nitrogens with zero attached hydrogens (tertiary/aromatic N) is 1. The van der Waals surface area contributed by atoms with Gasteiger partial charge in [-0.1, -0.05) is 12.1 Å². The predicted octanol–water partition coefficient (Wildman–Crippen LogP) is 2.83. The summed E-state index contributed by atoms with van der Waals surface area (Å²) >= 11 is 0. The van der Waals surface area contributed by atoms with Gasteiger partial charge >= 0.3 is 0 Å². The summed E-state index contributed by atoms with van der Waals surface area (Å²) in [6, 6.07) is 10.0. The van der Waals surface area contributed by atoms with Crippen molar-refractivity contribution < 1.29 is 23.8 Å². The molecule has 0 aliphatic rings. The number of para-hydroxylation sites is 2. The van der Waals surface area contributed by atoms with Gasteiger partial charge in [-0.05, 0) is 31.2 Å². The maximum absolute atomic E-state index is 12.8. The van der Waals surface area contributed by atoms with E-state index in [1.807, 2.05) is 24.3 Å². The van der Waals surface area contributed by atoms with Crippen LogP contribution in [-0.4, -0.2) is 54.1 Å². The smallest absolute Gasteiger partial charge is 0.268 e. The zero-order chi connectivity index (χ0) is 22.8. The first-order valence-electron chi connectivity index (χ1n) is 9.83. The van der Waals surface area contributed by atoms with E-state index in [0.717, 1.165) is 11.0 Å². The fourth-order valence-electron chi connectivity index (χ4n) is 3.44. The standard InChI is InChI=1S/C22H23N5O5/c1-11(20(28)27-22-25-13-7-5-6-8-14(13)26-22)23-21(29)15-9-12-10-16(30-2)18(31-3)19(32-4)17(12)24-15/h5-11,24H,1-4H3,(H,23,29)(H2,25,26,27,28)/t11-/m0/s1. The molecule has 2 aromatic carbocycles. The Kier molecular flexibility index (Phi) is 5.59. The molecule has 0 fully saturated rings. The number of rotatable bonds is 7. The van der Waals surface area contributed by atoms with E-state index in [1.54, 1.807) is 19.1 Å². The Morgan fingerprint density at radius 1 is 1.00 bits per heavy atom. The molecule has 0 unspecified atom stereocenters. The van der Waals surface area contributed by atoms with E-state index < -0.39 is 17.9 Å². The van der Waals surface area contributed by atoms with E-state index in [-0.39, 0.29) is 5.69 Å². The second-order valence-electron chi connectivity index (χ2n) is 7.08. The van der Waals surface area contributed by atoms with Crippen LogP contribution in [0.4, 0.5) is 5.95 Å². The van der Waals surface area contributed by atoms with E-state index in [2.05, 4.69) is 25.6 Å². The Balaban J connectivity index is 1.51. The molecule has 10 nitrogen and oxygen atoms in total. The van der Waals surface area contributed by atoms with Gasteiger partial charge in [0.15, 0.2) is 11.5 Å². The first kappa shape index (κ1) is 21.0. The number of amides is 2. The highest BCUT2D eigenvalue weighted by Gasteiger charge is 2.22. The Morgan fingerprint density at radius 3 is 2.44 bits per heavy atom. The number of carbonyl (C=O) groups is 2. The number of nitrogens with one attached hydrogen (secondary N) is 4. The maximum Gasteiger partial charge on any atom is 0.268 e. The van der Waals surface area contributed by atoms with Gasteiger partial charge in [0.2, 0.25) is 17.6 Å². The van der Waals surface area contributed by atoms with Gasteiger partial charge < -0.3 is 29.5 Å². The van der Waals surface area contributed by atoms with Crippen molar-refractivity contribution in [1.82, 2.24) is 20.3 Å². The number of carbonyl (C=O) groups excluding carboxylic acids is 2. The van der Waals surface area contributed by atoms with Crippen molar-refractivity contribution in [2.45, 2.75) is 13.0 Å². The third-order valence-electron chi connectivity index (χ3n) is 5.04. The van der Waals surface area contributed by atoms with Crippen LogP contribution in [0, 0.1) is 0 Å². The number of aromatic amines is 2. The van der Waals surface area contributed by atoms with Crippen LogP contribution in [-0.2, 0) is 4.79 Å². The molecule has 2 amide bonds. The van der Waals surface area contributed by atoms with E-state index in [0.29, 0.717) is 34.1 Å². The molecule has 0 aliphatic heterocycles. The number of H-pyrrole nitrogens is 2. The number of aromatic nitrogens is 3. The van der Waals surface area contributed by atoms with Crippen molar-refractivity contribution in [3.05, 3.63) is 42.1 Å². The predicted molar refractivity (Wildman–Crippen MR) is 120 cm³/mol. The minimum absolute atomic E-state index is 0.261. The molecule has 1 atom stereocenters. The van der Waals surface area contributed by atoms with Crippen LogP contribution < -0.4 is 24.8 Å². The van der Waals surface area contributed by atoms with Crippen LogP contribution in [0.3, 0.4) is 0 Å². The van der Waals surface area contributed by atoms with Gasteiger partial charge in [0.05, 0.1) is 37.9 Å².